The molecule has 6 nitrogen and oxygen atoms in total. The lowest BCUT2D eigenvalue weighted by Crippen LogP contribution is -2.34. The van der Waals surface area contributed by atoms with Crippen LogP contribution < -0.4 is 4.74 Å². The normalized spacial score (nSPS) is 12.2. The molecule has 0 aliphatic carbocycles. The van der Waals surface area contributed by atoms with Crippen LogP contribution in [0.5, 0.6) is 11.6 Å². The summed E-state index contributed by atoms with van der Waals surface area (Å²) in [4.78, 5) is 2.12. The van der Waals surface area contributed by atoms with E-state index >= 15 is 0 Å². The minimum atomic E-state index is -0.496. The zero-order chi connectivity index (χ0) is 23.6. The largest absolute Gasteiger partial charge is 0.439 e. The Morgan fingerprint density at radius 1 is 1.21 bits per heavy atom. The Morgan fingerprint density at radius 2 is 2.00 bits per heavy atom. The van der Waals surface area contributed by atoms with Crippen molar-refractivity contribution in [2.75, 3.05) is 26.8 Å². The van der Waals surface area contributed by atoms with Crippen molar-refractivity contribution < 1.29 is 19.0 Å². The molecule has 1 N–H and O–H groups in total. The van der Waals surface area contributed by atoms with Crippen LogP contribution in [0.25, 0.3) is 11.3 Å². The van der Waals surface area contributed by atoms with Crippen LogP contribution in [-0.4, -0.2) is 52.7 Å². The number of allylic oxidation sites excluding steroid dienone is 1. The van der Waals surface area contributed by atoms with Gasteiger partial charge in [-0.2, -0.15) is 5.10 Å². The van der Waals surface area contributed by atoms with Gasteiger partial charge >= 0.3 is 0 Å². The fourth-order valence-corrected chi connectivity index (χ4v) is 3.67. The van der Waals surface area contributed by atoms with Crippen molar-refractivity contribution in [1.29, 1.82) is 0 Å². The van der Waals surface area contributed by atoms with Crippen molar-refractivity contribution in [3.05, 3.63) is 78.6 Å². The molecule has 3 rings (SSSR count). The van der Waals surface area contributed by atoms with Gasteiger partial charge in [0.1, 0.15) is 17.3 Å². The number of hydrogen-bond acceptors (Lipinski definition) is 5. The second-order valence-corrected chi connectivity index (χ2v) is 7.93. The minimum Gasteiger partial charge on any atom is -0.439 e. The van der Waals surface area contributed by atoms with Crippen molar-refractivity contribution in [1.82, 2.24) is 14.7 Å². The summed E-state index contributed by atoms with van der Waals surface area (Å²) in [5.74, 6) is 0.558. The van der Waals surface area contributed by atoms with Crippen molar-refractivity contribution >= 4 is 0 Å². The number of methoxy groups -OCH3 is 1. The molecule has 0 fully saturated rings. The molecule has 0 spiro atoms. The van der Waals surface area contributed by atoms with Gasteiger partial charge < -0.3 is 14.6 Å². The zero-order valence-electron chi connectivity index (χ0n) is 19.3. The molecule has 1 atom stereocenters. The van der Waals surface area contributed by atoms with E-state index in [1.54, 1.807) is 23.9 Å². The molecule has 0 saturated carbocycles. The first-order valence-electron chi connectivity index (χ1n) is 11.1. The number of aliphatic hydroxyl groups is 1. The van der Waals surface area contributed by atoms with E-state index in [1.165, 1.54) is 12.1 Å². The smallest absolute Gasteiger partial charge is 0.222 e. The summed E-state index contributed by atoms with van der Waals surface area (Å²) in [7, 11) is 3.47. The van der Waals surface area contributed by atoms with Crippen molar-refractivity contribution in [3.63, 3.8) is 0 Å². The number of ether oxygens (including phenoxy) is 2. The Bertz CT molecular complexity index is 1020. The standard InChI is InChI=1S/C26H32FN3O3/c1-4-5-13-22(31)18-30(15-16-32-3)19-24-25(20-10-7-6-8-11-20)28-29(2)26(24)33-23-14-9-12-21(27)17-23/h4,6-12,14,17,22,31H,1,5,13,15-16,18-19H2,2-3H3/t22-/m1/s1. The molecule has 176 valence electrons. The van der Waals surface area contributed by atoms with E-state index in [0.717, 1.165) is 23.2 Å². The maximum absolute atomic E-state index is 13.8. The molecule has 0 aliphatic rings. The van der Waals surface area contributed by atoms with Gasteiger partial charge in [0, 0.05) is 45.4 Å². The van der Waals surface area contributed by atoms with Crippen molar-refractivity contribution in [2.45, 2.75) is 25.5 Å². The third-order valence-electron chi connectivity index (χ3n) is 5.31. The lowest BCUT2D eigenvalue weighted by molar-refractivity contribution is 0.0806. The first-order valence-corrected chi connectivity index (χ1v) is 11.1. The van der Waals surface area contributed by atoms with Crippen LogP contribution in [0.1, 0.15) is 18.4 Å². The highest BCUT2D eigenvalue weighted by Gasteiger charge is 2.23. The van der Waals surface area contributed by atoms with E-state index < -0.39 is 6.10 Å². The van der Waals surface area contributed by atoms with Gasteiger partial charge in [0.2, 0.25) is 5.88 Å². The summed E-state index contributed by atoms with van der Waals surface area (Å²) in [5.41, 5.74) is 2.60. The van der Waals surface area contributed by atoms with Gasteiger partial charge in [0.15, 0.2) is 0 Å². The fraction of sp³-hybridized carbons (Fsp3) is 0.346. The predicted molar refractivity (Wildman–Crippen MR) is 128 cm³/mol. The molecule has 0 amide bonds. The Balaban J connectivity index is 1.97. The molecule has 1 aromatic heterocycles. The van der Waals surface area contributed by atoms with E-state index in [4.69, 9.17) is 14.6 Å². The summed E-state index contributed by atoms with van der Waals surface area (Å²) < 4.78 is 26.9. The minimum absolute atomic E-state index is 0.369. The first kappa shape index (κ1) is 24.6. The lowest BCUT2D eigenvalue weighted by Gasteiger charge is -2.25. The number of aromatic nitrogens is 2. The van der Waals surface area contributed by atoms with Crippen LogP contribution in [0.4, 0.5) is 4.39 Å². The Morgan fingerprint density at radius 3 is 2.70 bits per heavy atom. The molecule has 0 bridgehead atoms. The molecule has 0 saturated heterocycles. The summed E-state index contributed by atoms with van der Waals surface area (Å²) in [6.45, 7) is 5.84. The third-order valence-corrected chi connectivity index (χ3v) is 5.31. The van der Waals surface area contributed by atoms with Gasteiger partial charge in [-0.25, -0.2) is 9.07 Å². The summed E-state index contributed by atoms with van der Waals surface area (Å²) in [6.07, 6.45) is 2.69. The second-order valence-electron chi connectivity index (χ2n) is 7.93. The van der Waals surface area contributed by atoms with Crippen LogP contribution >= 0.6 is 0 Å². The summed E-state index contributed by atoms with van der Waals surface area (Å²) in [6, 6.07) is 15.9. The van der Waals surface area contributed by atoms with Gasteiger partial charge in [-0.05, 0) is 25.0 Å². The van der Waals surface area contributed by atoms with Crippen LogP contribution in [-0.2, 0) is 18.3 Å². The number of rotatable bonds is 13. The van der Waals surface area contributed by atoms with Crippen LogP contribution in [0.15, 0.2) is 67.3 Å². The summed E-state index contributed by atoms with van der Waals surface area (Å²) in [5, 5.41) is 15.3. The van der Waals surface area contributed by atoms with Crippen molar-refractivity contribution in [2.24, 2.45) is 7.05 Å². The average Bonchev–Trinajstić information content (AvgIpc) is 3.11. The Labute approximate surface area is 194 Å². The Hall–Kier alpha value is -3.00. The number of benzene rings is 2. The topological polar surface area (TPSA) is 59.8 Å². The molecular weight excluding hydrogens is 421 g/mol. The monoisotopic (exact) mass is 453 g/mol. The number of halogens is 1. The predicted octanol–water partition coefficient (Wildman–Crippen LogP) is 4.79. The van der Waals surface area contributed by atoms with E-state index in [9.17, 15) is 9.50 Å². The third kappa shape index (κ3) is 6.99. The van der Waals surface area contributed by atoms with E-state index in [2.05, 4.69) is 11.5 Å². The molecule has 0 aliphatic heterocycles. The van der Waals surface area contributed by atoms with Gasteiger partial charge in [0.05, 0.1) is 18.3 Å². The van der Waals surface area contributed by atoms with Gasteiger partial charge in [-0.15, -0.1) is 6.58 Å². The second kappa shape index (κ2) is 12.3. The van der Waals surface area contributed by atoms with Gasteiger partial charge in [-0.3, -0.25) is 4.90 Å². The summed E-state index contributed by atoms with van der Waals surface area (Å²) >= 11 is 0. The fourth-order valence-electron chi connectivity index (χ4n) is 3.67. The van der Waals surface area contributed by atoms with Crippen molar-refractivity contribution in [3.8, 4) is 22.9 Å². The average molecular weight is 454 g/mol. The number of aryl methyl sites for hydroxylation is 1. The highest BCUT2D eigenvalue weighted by atomic mass is 19.1. The van der Waals surface area contributed by atoms with Gasteiger partial charge in [0.25, 0.3) is 0 Å². The quantitative estimate of drug-likeness (QED) is 0.377. The molecule has 7 heteroatoms. The molecule has 2 aromatic carbocycles. The van der Waals surface area contributed by atoms with Gasteiger partial charge in [-0.1, -0.05) is 42.5 Å². The van der Waals surface area contributed by atoms with E-state index in [1.807, 2.05) is 43.5 Å². The van der Waals surface area contributed by atoms with Crippen LogP contribution in [0.3, 0.4) is 0 Å². The molecule has 3 aromatic rings. The van der Waals surface area contributed by atoms with E-state index in [0.29, 0.717) is 44.3 Å². The maximum Gasteiger partial charge on any atom is 0.222 e. The maximum atomic E-state index is 13.8. The molecule has 1 heterocycles. The number of hydrogen-bond donors (Lipinski definition) is 1. The number of aliphatic hydroxyl groups excluding tert-OH is 1. The molecular formula is C26H32FN3O3. The van der Waals surface area contributed by atoms with Crippen LogP contribution in [0.2, 0.25) is 0 Å². The zero-order valence-corrected chi connectivity index (χ0v) is 19.3. The number of nitrogens with zero attached hydrogens (tertiary/aromatic N) is 3. The molecule has 0 unspecified atom stereocenters. The highest BCUT2D eigenvalue weighted by molar-refractivity contribution is 5.65. The lowest BCUT2D eigenvalue weighted by atomic mass is 10.1. The molecule has 33 heavy (non-hydrogen) atoms. The van der Waals surface area contributed by atoms with Crippen LogP contribution in [0, 0.1) is 5.82 Å². The molecule has 0 radical (unpaired) electrons. The van der Waals surface area contributed by atoms with E-state index in [-0.39, 0.29) is 5.82 Å². The first-order chi connectivity index (χ1) is 16.0. The SMILES string of the molecule is C=CCC[C@@H](O)CN(CCOC)Cc1c(-c2ccccc2)nn(C)c1Oc1cccc(F)c1. The highest BCUT2D eigenvalue weighted by Crippen LogP contribution is 2.34. The Kier molecular flexibility index (Phi) is 9.18.